The minimum atomic E-state index is -3.70. The van der Waals surface area contributed by atoms with Crippen molar-refractivity contribution < 1.29 is 17.9 Å². The summed E-state index contributed by atoms with van der Waals surface area (Å²) < 4.78 is 33.5. The maximum absolute atomic E-state index is 12.5. The van der Waals surface area contributed by atoms with Crippen molar-refractivity contribution in [3.8, 4) is 0 Å². The van der Waals surface area contributed by atoms with Gasteiger partial charge in [0.15, 0.2) is 0 Å². The van der Waals surface area contributed by atoms with E-state index < -0.39 is 10.0 Å². The average molecular weight is 423 g/mol. The zero-order valence-corrected chi connectivity index (χ0v) is 17.4. The van der Waals surface area contributed by atoms with Crippen LogP contribution < -0.4 is 10.0 Å². The fourth-order valence-corrected chi connectivity index (χ4v) is 5.31. The lowest BCUT2D eigenvalue weighted by atomic mass is 9.98. The molecule has 0 saturated heterocycles. The molecule has 0 bridgehead atoms. The van der Waals surface area contributed by atoms with E-state index in [1.807, 2.05) is 0 Å². The van der Waals surface area contributed by atoms with E-state index >= 15 is 0 Å². The molecule has 1 saturated carbocycles. The summed E-state index contributed by atoms with van der Waals surface area (Å²) >= 11 is 1.13. The topological polar surface area (TPSA) is 84.5 Å². The molecule has 1 aromatic carbocycles. The summed E-state index contributed by atoms with van der Waals surface area (Å²) in [5.74, 6) is -0.304. The Labute approximate surface area is 170 Å². The van der Waals surface area contributed by atoms with Crippen LogP contribution in [-0.2, 0) is 14.8 Å². The van der Waals surface area contributed by atoms with E-state index in [1.54, 1.807) is 35.7 Å². The fraction of sp³-hybridized carbons (Fsp3) is 0.450. The molecule has 1 amide bonds. The molecule has 3 rings (SSSR count). The van der Waals surface area contributed by atoms with Crippen LogP contribution in [0.15, 0.2) is 46.0 Å². The van der Waals surface area contributed by atoms with E-state index in [9.17, 15) is 13.2 Å². The number of benzene rings is 1. The molecule has 1 aliphatic carbocycles. The number of sulfonamides is 1. The summed E-state index contributed by atoms with van der Waals surface area (Å²) in [6, 6.07) is 9.81. The Hall–Kier alpha value is -1.90. The first-order valence-electron chi connectivity index (χ1n) is 9.61. The van der Waals surface area contributed by atoms with Gasteiger partial charge in [-0.25, -0.2) is 8.42 Å². The molecule has 2 N–H and O–H groups in total. The predicted molar refractivity (Wildman–Crippen MR) is 111 cm³/mol. The van der Waals surface area contributed by atoms with Gasteiger partial charge in [-0.05, 0) is 42.8 Å². The molecule has 28 heavy (non-hydrogen) atoms. The molecule has 6 nitrogen and oxygen atoms in total. The van der Waals surface area contributed by atoms with Crippen molar-refractivity contribution in [1.82, 2.24) is 5.32 Å². The molecule has 2 aromatic rings. The summed E-state index contributed by atoms with van der Waals surface area (Å²) in [4.78, 5) is 12.5. The summed E-state index contributed by atoms with van der Waals surface area (Å²) in [5.41, 5.74) is 0.572. The number of amides is 1. The number of ether oxygens (including phenoxy) is 1. The normalized spacial score (nSPS) is 15.3. The van der Waals surface area contributed by atoms with Gasteiger partial charge < -0.3 is 10.1 Å². The SMILES string of the molecule is O=C(NCCCOC1CCCCC1)c1ccccc1NS(=O)(=O)c1cccs1. The van der Waals surface area contributed by atoms with Crippen LogP contribution in [0.2, 0.25) is 0 Å². The summed E-state index contributed by atoms with van der Waals surface area (Å²) in [6.45, 7) is 1.11. The van der Waals surface area contributed by atoms with E-state index in [2.05, 4.69) is 10.0 Å². The minimum Gasteiger partial charge on any atom is -0.378 e. The molecule has 0 aliphatic heterocycles. The number of anilines is 1. The number of thiophene rings is 1. The molecule has 1 fully saturated rings. The highest BCUT2D eigenvalue weighted by Crippen LogP contribution is 2.23. The van der Waals surface area contributed by atoms with Crippen LogP contribution in [-0.4, -0.2) is 33.6 Å². The van der Waals surface area contributed by atoms with Crippen LogP contribution in [0, 0.1) is 0 Å². The summed E-state index contributed by atoms with van der Waals surface area (Å²) in [6.07, 6.45) is 7.11. The molecule has 0 unspecified atom stereocenters. The fourth-order valence-electron chi connectivity index (χ4n) is 3.23. The van der Waals surface area contributed by atoms with Gasteiger partial charge in [0.2, 0.25) is 0 Å². The van der Waals surface area contributed by atoms with Crippen molar-refractivity contribution in [1.29, 1.82) is 0 Å². The van der Waals surface area contributed by atoms with Gasteiger partial charge in [-0.3, -0.25) is 9.52 Å². The van der Waals surface area contributed by atoms with Gasteiger partial charge in [-0.15, -0.1) is 11.3 Å². The first-order chi connectivity index (χ1) is 13.6. The molecule has 0 spiro atoms. The van der Waals surface area contributed by atoms with Gasteiger partial charge in [-0.1, -0.05) is 37.5 Å². The van der Waals surface area contributed by atoms with Gasteiger partial charge in [0.05, 0.1) is 17.4 Å². The van der Waals surface area contributed by atoms with E-state index in [4.69, 9.17) is 4.74 Å². The number of carbonyl (C=O) groups is 1. The van der Waals surface area contributed by atoms with Crippen LogP contribution in [0.3, 0.4) is 0 Å². The smallest absolute Gasteiger partial charge is 0.271 e. The Morgan fingerprint density at radius 2 is 1.89 bits per heavy atom. The van der Waals surface area contributed by atoms with Crippen molar-refractivity contribution >= 4 is 33.0 Å². The van der Waals surface area contributed by atoms with Crippen LogP contribution >= 0.6 is 11.3 Å². The van der Waals surface area contributed by atoms with E-state index in [1.165, 1.54) is 25.3 Å². The maximum atomic E-state index is 12.5. The summed E-state index contributed by atoms with van der Waals surface area (Å²) in [7, 11) is -3.70. The largest absolute Gasteiger partial charge is 0.378 e. The lowest BCUT2D eigenvalue weighted by Gasteiger charge is -2.21. The molecule has 1 heterocycles. The first-order valence-corrected chi connectivity index (χ1v) is 12.0. The molecule has 152 valence electrons. The lowest BCUT2D eigenvalue weighted by Crippen LogP contribution is -2.27. The van der Waals surface area contributed by atoms with Gasteiger partial charge in [0.1, 0.15) is 4.21 Å². The number of carbonyl (C=O) groups excluding carboxylic acids is 1. The van der Waals surface area contributed by atoms with Gasteiger partial charge in [0.25, 0.3) is 15.9 Å². The molecule has 0 atom stereocenters. The van der Waals surface area contributed by atoms with Crippen LogP contribution in [0.25, 0.3) is 0 Å². The summed E-state index contributed by atoms with van der Waals surface area (Å²) in [5, 5.41) is 4.54. The average Bonchev–Trinajstić information content (AvgIpc) is 3.24. The predicted octanol–water partition coefficient (Wildman–Crippen LogP) is 4.02. The number of hydrogen-bond acceptors (Lipinski definition) is 5. The van der Waals surface area contributed by atoms with Crippen molar-refractivity contribution in [3.63, 3.8) is 0 Å². The molecule has 1 aromatic heterocycles. The quantitative estimate of drug-likeness (QED) is 0.598. The third kappa shape index (κ3) is 5.80. The highest BCUT2D eigenvalue weighted by atomic mass is 32.2. The van der Waals surface area contributed by atoms with Gasteiger partial charge in [0, 0.05) is 13.2 Å². The van der Waals surface area contributed by atoms with Crippen LogP contribution in [0.1, 0.15) is 48.9 Å². The Bertz CT molecular complexity index is 860. The second-order valence-electron chi connectivity index (χ2n) is 6.82. The zero-order valence-electron chi connectivity index (χ0n) is 15.7. The van der Waals surface area contributed by atoms with Crippen molar-refractivity contribution in [2.24, 2.45) is 0 Å². The van der Waals surface area contributed by atoms with E-state index in [0.717, 1.165) is 30.6 Å². The lowest BCUT2D eigenvalue weighted by molar-refractivity contribution is 0.0273. The Morgan fingerprint density at radius 3 is 2.64 bits per heavy atom. The van der Waals surface area contributed by atoms with Crippen molar-refractivity contribution in [3.05, 3.63) is 47.3 Å². The highest BCUT2D eigenvalue weighted by Gasteiger charge is 2.19. The number of hydrogen-bond donors (Lipinski definition) is 2. The number of nitrogens with one attached hydrogen (secondary N) is 2. The monoisotopic (exact) mass is 422 g/mol. The van der Waals surface area contributed by atoms with Crippen LogP contribution in [0.5, 0.6) is 0 Å². The highest BCUT2D eigenvalue weighted by molar-refractivity contribution is 7.94. The van der Waals surface area contributed by atoms with Gasteiger partial charge in [-0.2, -0.15) is 0 Å². The molecular formula is C20H26N2O4S2. The first kappa shape index (κ1) is 20.8. The van der Waals surface area contributed by atoms with Crippen molar-refractivity contribution in [2.45, 2.75) is 48.8 Å². The third-order valence-electron chi connectivity index (χ3n) is 4.69. The molecular weight excluding hydrogens is 396 g/mol. The second kappa shape index (κ2) is 10.0. The molecule has 0 radical (unpaired) electrons. The van der Waals surface area contributed by atoms with Crippen molar-refractivity contribution in [2.75, 3.05) is 17.9 Å². The van der Waals surface area contributed by atoms with E-state index in [-0.39, 0.29) is 15.8 Å². The Morgan fingerprint density at radius 1 is 1.11 bits per heavy atom. The number of para-hydroxylation sites is 1. The third-order valence-corrected chi connectivity index (χ3v) is 7.45. The second-order valence-corrected chi connectivity index (χ2v) is 9.68. The standard InChI is InChI=1S/C20H26N2O4S2/c23-20(21-13-7-14-26-16-8-2-1-3-9-16)17-10-4-5-11-18(17)22-28(24,25)19-12-6-15-27-19/h4-6,10-12,15-16,22H,1-3,7-9,13-14H2,(H,21,23). The van der Waals surface area contributed by atoms with E-state index in [0.29, 0.717) is 24.8 Å². The Balaban J connectivity index is 1.51. The molecule has 8 heteroatoms. The van der Waals surface area contributed by atoms with Gasteiger partial charge >= 0.3 is 0 Å². The molecule has 1 aliphatic rings. The zero-order chi connectivity index (χ0) is 19.8. The Kier molecular flexibility index (Phi) is 7.47. The van der Waals surface area contributed by atoms with Crippen LogP contribution in [0.4, 0.5) is 5.69 Å². The maximum Gasteiger partial charge on any atom is 0.271 e. The minimum absolute atomic E-state index is 0.211. The number of rotatable bonds is 9.